The largest absolute Gasteiger partial charge is 0.504 e. The van der Waals surface area contributed by atoms with Gasteiger partial charge in [0.25, 0.3) is 0 Å². The molecule has 0 aliphatic carbocycles. The molecule has 10 N–H and O–H groups in total. The number of phenolic OH excluding ortho intramolecular Hbond substituents is 4. The van der Waals surface area contributed by atoms with Crippen LogP contribution in [-0.4, -0.2) is 169 Å². The number of esters is 2. The average molecular weight is 799 g/mol. The van der Waals surface area contributed by atoms with Gasteiger partial charge in [-0.1, -0.05) is 12.1 Å². The Morgan fingerprint density at radius 2 is 1.52 bits per heavy atom. The highest BCUT2D eigenvalue weighted by Crippen LogP contribution is 2.36. The fourth-order valence-electron chi connectivity index (χ4n) is 6.13. The van der Waals surface area contributed by atoms with E-state index >= 15 is 0 Å². The second-order valence-corrected chi connectivity index (χ2v) is 13.5. The molecule has 2 aromatic carbocycles. The summed E-state index contributed by atoms with van der Waals surface area (Å²) in [5.74, 6) is -3.48. The summed E-state index contributed by atoms with van der Waals surface area (Å²) >= 11 is 0. The first-order valence-electron chi connectivity index (χ1n) is 17.5. The van der Waals surface area contributed by atoms with Gasteiger partial charge in [0.15, 0.2) is 48.0 Å². The zero-order valence-electron chi connectivity index (χ0n) is 30.1. The van der Waals surface area contributed by atoms with Gasteiger partial charge >= 0.3 is 11.9 Å². The van der Waals surface area contributed by atoms with Gasteiger partial charge in [0, 0.05) is 13.0 Å². The summed E-state index contributed by atoms with van der Waals surface area (Å²) in [6.07, 6.45) is -17.6. The van der Waals surface area contributed by atoms with Gasteiger partial charge in [0.2, 0.25) is 0 Å². The van der Waals surface area contributed by atoms with Crippen molar-refractivity contribution >= 4 is 18.0 Å². The molecule has 0 bridgehead atoms. The Labute approximate surface area is 319 Å². The molecule has 5 rings (SSSR count). The van der Waals surface area contributed by atoms with E-state index in [0.717, 1.165) is 19.1 Å². The van der Waals surface area contributed by atoms with Gasteiger partial charge in [-0.3, -0.25) is 4.79 Å². The summed E-state index contributed by atoms with van der Waals surface area (Å²) in [4.78, 5) is 25.4. The minimum absolute atomic E-state index is 0.0927. The Hall–Kier alpha value is -4.16. The number of phenols is 4. The number of aliphatic hydroxyl groups excluding tert-OH is 5. The number of hydrogen-bond donors (Lipinski definition) is 10. The van der Waals surface area contributed by atoms with E-state index in [1.54, 1.807) is 0 Å². The van der Waals surface area contributed by atoms with E-state index in [0.29, 0.717) is 5.56 Å². The third-order valence-electron chi connectivity index (χ3n) is 9.39. The van der Waals surface area contributed by atoms with Crippen molar-refractivity contribution in [1.29, 1.82) is 0 Å². The Balaban J connectivity index is 1.53. The lowest BCUT2D eigenvalue weighted by molar-refractivity contribution is -0.375. The third kappa shape index (κ3) is 10.0. The minimum Gasteiger partial charge on any atom is -0.504 e. The van der Waals surface area contributed by atoms with Crippen molar-refractivity contribution in [2.24, 2.45) is 0 Å². The van der Waals surface area contributed by atoms with Gasteiger partial charge in [-0.25, -0.2) is 4.79 Å². The highest BCUT2D eigenvalue weighted by molar-refractivity contribution is 5.87. The Kier molecular flexibility index (Phi) is 14.1. The molecule has 20 nitrogen and oxygen atoms in total. The van der Waals surface area contributed by atoms with E-state index in [2.05, 4.69) is 0 Å². The maximum absolute atomic E-state index is 13.4. The first kappa shape index (κ1) is 43.0. The topological polar surface area (TPSA) is 310 Å². The van der Waals surface area contributed by atoms with Crippen LogP contribution >= 0.6 is 0 Å². The smallest absolute Gasteiger partial charge is 0.331 e. The van der Waals surface area contributed by atoms with E-state index in [1.165, 1.54) is 43.3 Å². The molecule has 3 saturated heterocycles. The molecule has 13 atom stereocenters. The lowest BCUT2D eigenvalue weighted by Crippen LogP contribution is -2.66. The second kappa shape index (κ2) is 18.4. The van der Waals surface area contributed by atoms with Gasteiger partial charge in [-0.15, -0.1) is 0 Å². The van der Waals surface area contributed by atoms with Crippen LogP contribution in [0.25, 0.3) is 6.08 Å². The van der Waals surface area contributed by atoms with Gasteiger partial charge in [-0.2, -0.15) is 0 Å². The monoisotopic (exact) mass is 798 g/mol. The first-order valence-corrected chi connectivity index (χ1v) is 17.5. The van der Waals surface area contributed by atoms with Crippen LogP contribution in [0.5, 0.6) is 23.0 Å². The molecular formula is C36H46O20. The van der Waals surface area contributed by atoms with Crippen molar-refractivity contribution in [3.8, 4) is 23.0 Å². The Morgan fingerprint density at radius 1 is 0.839 bits per heavy atom. The van der Waals surface area contributed by atoms with E-state index < -0.39 is 128 Å². The van der Waals surface area contributed by atoms with E-state index in [4.69, 9.17) is 37.9 Å². The number of aliphatic hydroxyl groups is 6. The molecule has 20 heteroatoms. The first-order chi connectivity index (χ1) is 26.5. The fraction of sp³-hybridized carbons (Fsp3) is 0.556. The maximum Gasteiger partial charge on any atom is 0.331 e. The molecule has 0 amide bonds. The quantitative estimate of drug-likeness (QED) is 0.0562. The number of carbonyl (C=O) groups excluding carboxylic acids is 2. The molecule has 3 fully saturated rings. The lowest BCUT2D eigenvalue weighted by Gasteiger charge is -2.48. The van der Waals surface area contributed by atoms with Crippen molar-refractivity contribution < 1.29 is 98.5 Å². The van der Waals surface area contributed by atoms with Crippen molar-refractivity contribution in [2.75, 3.05) is 26.4 Å². The summed E-state index contributed by atoms with van der Waals surface area (Å²) in [7, 11) is 0. The highest BCUT2D eigenvalue weighted by Gasteiger charge is 2.57. The molecule has 3 aliphatic rings. The number of carbonyl (C=O) groups is 2. The zero-order chi connectivity index (χ0) is 40.9. The number of benzene rings is 2. The zero-order valence-corrected chi connectivity index (χ0v) is 30.1. The van der Waals surface area contributed by atoms with Crippen molar-refractivity contribution in [2.45, 2.75) is 99.7 Å². The molecular weight excluding hydrogens is 752 g/mol. The van der Waals surface area contributed by atoms with Gasteiger partial charge < -0.3 is 89.0 Å². The SMILES string of the molecule is CC(=O)OC[C@H]1O[C@@H](OCCc2ccc(O)c(O)c2)[C@H](O[C@@H]2OC[C@](O)(CO)[C@@H]2O)[C@@H](O[C@@H]2O[C@@H](C)[C@H](O)[C@@H](O)[C@H]2O)[C@@H]1OC(=O)C=Cc1ccc(O)c(O)c1. The fourth-order valence-corrected chi connectivity index (χ4v) is 6.13. The van der Waals surface area contributed by atoms with E-state index in [1.807, 2.05) is 0 Å². The van der Waals surface area contributed by atoms with Crippen LogP contribution in [0.2, 0.25) is 0 Å². The molecule has 0 saturated carbocycles. The lowest BCUT2D eigenvalue weighted by atomic mass is 9.96. The molecule has 310 valence electrons. The van der Waals surface area contributed by atoms with Crippen LogP contribution in [0, 0.1) is 0 Å². The Morgan fingerprint density at radius 3 is 2.16 bits per heavy atom. The molecule has 0 radical (unpaired) electrons. The van der Waals surface area contributed by atoms with Gasteiger partial charge in [0.1, 0.15) is 54.9 Å². The summed E-state index contributed by atoms with van der Waals surface area (Å²) < 4.78 is 46.7. The van der Waals surface area contributed by atoms with Crippen LogP contribution in [-0.2, 0) is 53.9 Å². The number of aromatic hydroxyl groups is 4. The summed E-state index contributed by atoms with van der Waals surface area (Å²) in [5.41, 5.74) is -1.41. The number of rotatable bonds is 14. The van der Waals surface area contributed by atoms with Crippen LogP contribution in [0.1, 0.15) is 25.0 Å². The van der Waals surface area contributed by atoms with Crippen LogP contribution in [0.3, 0.4) is 0 Å². The second-order valence-electron chi connectivity index (χ2n) is 13.5. The molecule has 0 unspecified atom stereocenters. The van der Waals surface area contributed by atoms with E-state index in [9.17, 15) is 60.7 Å². The molecule has 0 aromatic heterocycles. The summed E-state index contributed by atoms with van der Waals surface area (Å²) in [6.45, 7) is 0.147. The predicted octanol–water partition coefficient (Wildman–Crippen LogP) is -1.98. The van der Waals surface area contributed by atoms with Gasteiger partial charge in [-0.05, 0) is 54.8 Å². The standard InChI is InChI=1S/C36H46O20/c1-16-26(44)27(45)28(46)33(52-16)55-30-29(54-25(43)8-5-18-3-6-20(39)22(41)11-18)24(13-50-17(2)38)53-34(49-10-9-19-4-7-21(40)23(42)12-19)31(30)56-35-32(47)36(48,14-37)15-51-35/h3-8,11-12,16,24,26-35,37,39-42,44-48H,9-10,13-15H2,1-2H3/t16-,24+,26-,27+,28+,29+,30-,31+,32+,33-,34+,35-,36+/m0/s1. The number of ether oxygens (including phenoxy) is 8. The Bertz CT molecular complexity index is 1690. The minimum atomic E-state index is -2.18. The molecule has 2 aromatic rings. The highest BCUT2D eigenvalue weighted by atomic mass is 16.8. The van der Waals surface area contributed by atoms with Crippen LogP contribution < -0.4 is 0 Å². The van der Waals surface area contributed by atoms with Crippen LogP contribution in [0.15, 0.2) is 42.5 Å². The average Bonchev–Trinajstić information content (AvgIpc) is 3.45. The normalized spacial score (nSPS) is 34.7. The summed E-state index contributed by atoms with van der Waals surface area (Å²) in [6, 6.07) is 7.77. The van der Waals surface area contributed by atoms with Crippen molar-refractivity contribution in [3.05, 3.63) is 53.6 Å². The molecule has 3 heterocycles. The maximum atomic E-state index is 13.4. The molecule has 0 spiro atoms. The number of hydrogen-bond acceptors (Lipinski definition) is 20. The third-order valence-corrected chi connectivity index (χ3v) is 9.39. The van der Waals surface area contributed by atoms with Crippen LogP contribution in [0.4, 0.5) is 0 Å². The van der Waals surface area contributed by atoms with Crippen molar-refractivity contribution in [1.82, 2.24) is 0 Å². The van der Waals surface area contributed by atoms with Gasteiger partial charge in [0.05, 0.1) is 25.9 Å². The predicted molar refractivity (Wildman–Crippen MR) is 183 cm³/mol. The summed E-state index contributed by atoms with van der Waals surface area (Å²) in [5, 5.41) is 103. The van der Waals surface area contributed by atoms with Crippen molar-refractivity contribution in [3.63, 3.8) is 0 Å². The van der Waals surface area contributed by atoms with E-state index in [-0.39, 0.29) is 24.3 Å². The molecule has 3 aliphatic heterocycles. The molecule has 56 heavy (non-hydrogen) atoms.